The summed E-state index contributed by atoms with van der Waals surface area (Å²) in [7, 11) is 0. The van der Waals surface area contributed by atoms with Gasteiger partial charge >= 0.3 is 0 Å². The van der Waals surface area contributed by atoms with Gasteiger partial charge in [0.05, 0.1) is 0 Å². The van der Waals surface area contributed by atoms with Gasteiger partial charge in [-0.2, -0.15) is 5.26 Å². The van der Waals surface area contributed by atoms with Crippen molar-refractivity contribution in [1.82, 2.24) is 4.98 Å². The van der Waals surface area contributed by atoms with Crippen molar-refractivity contribution in [3.8, 4) is 6.07 Å². The van der Waals surface area contributed by atoms with Crippen LogP contribution in [0.2, 0.25) is 0 Å². The molecule has 0 radical (unpaired) electrons. The van der Waals surface area contributed by atoms with Crippen LogP contribution < -0.4 is 5.32 Å². The van der Waals surface area contributed by atoms with Gasteiger partial charge in [-0.05, 0) is 42.3 Å². The van der Waals surface area contributed by atoms with E-state index in [0.717, 1.165) is 15.7 Å². The van der Waals surface area contributed by atoms with Gasteiger partial charge < -0.3 is 5.32 Å². The minimum Gasteiger partial charge on any atom is -0.381 e. The molecule has 0 aliphatic rings. The molecule has 0 atom stereocenters. The summed E-state index contributed by atoms with van der Waals surface area (Å²) in [5, 5.41) is 12.1. The van der Waals surface area contributed by atoms with Crippen LogP contribution in [0.3, 0.4) is 0 Å². The normalized spacial score (nSPS) is 9.83. The van der Waals surface area contributed by atoms with Crippen molar-refractivity contribution in [2.75, 3.05) is 5.32 Å². The highest BCUT2D eigenvalue weighted by Gasteiger charge is 2.02. The molecule has 1 aromatic carbocycles. The quantitative estimate of drug-likeness (QED) is 0.941. The number of aromatic nitrogens is 1. The van der Waals surface area contributed by atoms with Crippen LogP contribution in [0, 0.1) is 18.3 Å². The van der Waals surface area contributed by atoms with E-state index in [1.54, 1.807) is 12.3 Å². The molecule has 4 heteroatoms. The summed E-state index contributed by atoms with van der Waals surface area (Å²) in [5.41, 5.74) is 3.74. The molecule has 1 heterocycles. The van der Waals surface area contributed by atoms with E-state index in [2.05, 4.69) is 33.2 Å². The van der Waals surface area contributed by atoms with Crippen molar-refractivity contribution < 1.29 is 0 Å². The van der Waals surface area contributed by atoms with Crippen LogP contribution in [-0.4, -0.2) is 4.98 Å². The topological polar surface area (TPSA) is 48.7 Å². The summed E-state index contributed by atoms with van der Waals surface area (Å²) in [5.74, 6) is 0. The number of nitrogens with zero attached hydrogens (tertiary/aromatic N) is 2. The summed E-state index contributed by atoms with van der Waals surface area (Å²) in [6, 6.07) is 11.8. The van der Waals surface area contributed by atoms with Gasteiger partial charge in [0.15, 0.2) is 0 Å². The molecule has 0 amide bonds. The molecule has 1 N–H and O–H groups in total. The van der Waals surface area contributed by atoms with Gasteiger partial charge in [0, 0.05) is 22.9 Å². The lowest BCUT2D eigenvalue weighted by Gasteiger charge is -2.10. The maximum atomic E-state index is 8.79. The number of rotatable bonds is 3. The van der Waals surface area contributed by atoms with Gasteiger partial charge in [-0.3, -0.25) is 0 Å². The second-order valence-electron chi connectivity index (χ2n) is 3.93. The van der Waals surface area contributed by atoms with E-state index in [1.807, 2.05) is 30.3 Å². The van der Waals surface area contributed by atoms with Crippen molar-refractivity contribution in [1.29, 1.82) is 5.26 Å². The highest BCUT2D eigenvalue weighted by Crippen LogP contribution is 2.23. The average molecular weight is 302 g/mol. The Kier molecular flexibility index (Phi) is 3.96. The molecule has 1 aromatic heterocycles. The van der Waals surface area contributed by atoms with Gasteiger partial charge in [0.25, 0.3) is 0 Å². The van der Waals surface area contributed by atoms with Gasteiger partial charge in [-0.15, -0.1) is 0 Å². The largest absolute Gasteiger partial charge is 0.381 e. The van der Waals surface area contributed by atoms with Gasteiger partial charge in [-0.25, -0.2) is 4.98 Å². The Morgan fingerprint density at radius 2 is 2.22 bits per heavy atom. The van der Waals surface area contributed by atoms with Crippen molar-refractivity contribution in [3.05, 3.63) is 57.8 Å². The second kappa shape index (κ2) is 5.65. The summed E-state index contributed by atoms with van der Waals surface area (Å²) < 4.78 is 1.08. The summed E-state index contributed by atoms with van der Waals surface area (Å²) in [6.45, 7) is 2.73. The number of benzene rings is 1. The molecule has 3 nitrogen and oxygen atoms in total. The molecular weight excluding hydrogens is 290 g/mol. The predicted octanol–water partition coefficient (Wildman–Crippen LogP) is 3.64. The van der Waals surface area contributed by atoms with Gasteiger partial charge in [0.1, 0.15) is 11.8 Å². The monoisotopic (exact) mass is 301 g/mol. The lowest BCUT2D eigenvalue weighted by Crippen LogP contribution is -2.02. The molecule has 2 rings (SSSR count). The molecule has 0 spiro atoms. The number of halogens is 1. The average Bonchev–Trinajstić information content (AvgIpc) is 2.41. The van der Waals surface area contributed by atoms with Crippen LogP contribution in [0.25, 0.3) is 0 Å². The lowest BCUT2D eigenvalue weighted by molar-refractivity contribution is 1.11. The molecule has 18 heavy (non-hydrogen) atoms. The van der Waals surface area contributed by atoms with Crippen molar-refractivity contribution >= 4 is 21.6 Å². The number of nitriles is 1. The number of pyridine rings is 1. The molecule has 0 fully saturated rings. The molecule has 0 saturated carbocycles. The lowest BCUT2D eigenvalue weighted by atomic mass is 10.2. The first-order chi connectivity index (χ1) is 8.70. The molecule has 0 unspecified atom stereocenters. The Balaban J connectivity index is 2.12. The molecule has 2 aromatic rings. The van der Waals surface area contributed by atoms with E-state index < -0.39 is 0 Å². The van der Waals surface area contributed by atoms with E-state index in [9.17, 15) is 0 Å². The Hall–Kier alpha value is -1.86. The molecule has 0 saturated heterocycles. The summed E-state index contributed by atoms with van der Waals surface area (Å²) in [4.78, 5) is 3.95. The smallest absolute Gasteiger partial charge is 0.140 e. The van der Waals surface area contributed by atoms with E-state index in [1.165, 1.54) is 5.56 Å². The van der Waals surface area contributed by atoms with Crippen molar-refractivity contribution in [3.63, 3.8) is 0 Å². The number of hydrogen-bond acceptors (Lipinski definition) is 3. The molecule has 0 bridgehead atoms. The fourth-order valence-electron chi connectivity index (χ4n) is 1.64. The third-order valence-electron chi connectivity index (χ3n) is 2.69. The summed E-state index contributed by atoms with van der Waals surface area (Å²) in [6.07, 6.45) is 1.66. The molecular formula is C14H12BrN3. The standard InChI is InChI=1S/C14H12BrN3/c1-10-13(15)3-2-4-14(10)18-9-11-5-6-17-12(7-11)8-16/h2-7,18H,9H2,1H3. The zero-order valence-corrected chi connectivity index (χ0v) is 11.5. The maximum Gasteiger partial charge on any atom is 0.140 e. The van der Waals surface area contributed by atoms with Crippen molar-refractivity contribution in [2.45, 2.75) is 13.5 Å². The van der Waals surface area contributed by atoms with E-state index >= 15 is 0 Å². The van der Waals surface area contributed by atoms with Gasteiger partial charge in [0.2, 0.25) is 0 Å². The Labute approximate surface area is 115 Å². The van der Waals surface area contributed by atoms with Gasteiger partial charge in [-0.1, -0.05) is 22.0 Å². The summed E-state index contributed by atoms with van der Waals surface area (Å²) >= 11 is 3.50. The Morgan fingerprint density at radius 3 is 3.00 bits per heavy atom. The van der Waals surface area contributed by atoms with E-state index in [0.29, 0.717) is 12.2 Å². The van der Waals surface area contributed by atoms with Crippen LogP contribution in [-0.2, 0) is 6.54 Å². The zero-order valence-electron chi connectivity index (χ0n) is 9.94. The number of hydrogen-bond donors (Lipinski definition) is 1. The second-order valence-corrected chi connectivity index (χ2v) is 4.78. The zero-order chi connectivity index (χ0) is 13.0. The molecule has 90 valence electrons. The van der Waals surface area contributed by atoms with Crippen LogP contribution in [0.5, 0.6) is 0 Å². The first kappa shape index (κ1) is 12.6. The highest BCUT2D eigenvalue weighted by molar-refractivity contribution is 9.10. The van der Waals surface area contributed by atoms with Crippen LogP contribution >= 0.6 is 15.9 Å². The van der Waals surface area contributed by atoms with E-state index in [4.69, 9.17) is 5.26 Å². The van der Waals surface area contributed by atoms with E-state index in [-0.39, 0.29) is 0 Å². The first-order valence-corrected chi connectivity index (χ1v) is 6.34. The minimum atomic E-state index is 0.445. The van der Waals surface area contributed by atoms with Crippen LogP contribution in [0.15, 0.2) is 41.0 Å². The fourth-order valence-corrected chi connectivity index (χ4v) is 2.01. The Morgan fingerprint density at radius 1 is 1.39 bits per heavy atom. The first-order valence-electron chi connectivity index (χ1n) is 5.54. The minimum absolute atomic E-state index is 0.445. The third kappa shape index (κ3) is 2.88. The van der Waals surface area contributed by atoms with Crippen LogP contribution in [0.1, 0.15) is 16.8 Å². The maximum absolute atomic E-state index is 8.79. The number of nitrogens with one attached hydrogen (secondary N) is 1. The molecule has 0 aliphatic heterocycles. The fraction of sp³-hybridized carbons (Fsp3) is 0.143. The van der Waals surface area contributed by atoms with Crippen LogP contribution in [0.4, 0.5) is 5.69 Å². The number of anilines is 1. The Bertz CT molecular complexity index is 602. The SMILES string of the molecule is Cc1c(Br)cccc1NCc1ccnc(C#N)c1. The molecule has 0 aliphatic carbocycles. The van der Waals surface area contributed by atoms with Crippen molar-refractivity contribution in [2.24, 2.45) is 0 Å². The predicted molar refractivity (Wildman–Crippen MR) is 75.2 cm³/mol. The highest BCUT2D eigenvalue weighted by atomic mass is 79.9. The third-order valence-corrected chi connectivity index (χ3v) is 3.55.